The van der Waals surface area contributed by atoms with Crippen LogP contribution in [0.15, 0.2) is 48.5 Å². The van der Waals surface area contributed by atoms with Crippen molar-refractivity contribution in [3.05, 3.63) is 70.9 Å². The van der Waals surface area contributed by atoms with Gasteiger partial charge in [0.15, 0.2) is 6.61 Å². The Labute approximate surface area is 156 Å². The Balaban J connectivity index is 1.86. The number of carbonyl (C=O) groups excluding carboxylic acids is 1. The summed E-state index contributed by atoms with van der Waals surface area (Å²) in [5.41, 5.74) is 4.88. The summed E-state index contributed by atoms with van der Waals surface area (Å²) in [6.07, 6.45) is 3.48. The quantitative estimate of drug-likeness (QED) is 0.714. The van der Waals surface area contributed by atoms with Gasteiger partial charge in [-0.3, -0.25) is 0 Å². The molecule has 0 bridgehead atoms. The van der Waals surface area contributed by atoms with E-state index in [1.165, 1.54) is 0 Å². The number of hydrogen-bond acceptors (Lipinski definition) is 5. The van der Waals surface area contributed by atoms with Gasteiger partial charge in [-0.1, -0.05) is 30.3 Å². The molecule has 1 heterocycles. The first-order valence-corrected chi connectivity index (χ1v) is 8.63. The molecule has 0 amide bonds. The summed E-state index contributed by atoms with van der Waals surface area (Å²) >= 11 is 0. The van der Waals surface area contributed by atoms with E-state index in [0.29, 0.717) is 12.0 Å². The molecule has 1 aliphatic carbocycles. The van der Waals surface area contributed by atoms with Crippen molar-refractivity contribution in [2.45, 2.75) is 12.8 Å². The van der Waals surface area contributed by atoms with E-state index in [9.17, 15) is 9.90 Å². The number of phenolic OH excluding ortho intramolecular Hbond substituents is 1. The number of phenols is 1. The number of allylic oxidation sites excluding steroid dienone is 1. The molecule has 5 nitrogen and oxygen atoms in total. The molecular weight excluding hydrogens is 340 g/mol. The van der Waals surface area contributed by atoms with Crippen LogP contribution in [-0.2, 0) is 11.2 Å². The van der Waals surface area contributed by atoms with E-state index < -0.39 is 5.97 Å². The van der Waals surface area contributed by atoms with Crippen molar-refractivity contribution in [2.24, 2.45) is 0 Å². The molecule has 0 atom stereocenters. The van der Waals surface area contributed by atoms with E-state index in [1.54, 1.807) is 12.1 Å². The number of nitrogens with zero attached hydrogens (tertiary/aromatic N) is 2. The second-order valence-corrected chi connectivity index (χ2v) is 6.33. The molecule has 0 aliphatic heterocycles. The Kier molecular flexibility index (Phi) is 4.31. The third-order valence-electron chi connectivity index (χ3n) is 4.65. The van der Waals surface area contributed by atoms with Crippen molar-refractivity contribution in [3.63, 3.8) is 0 Å². The molecule has 4 rings (SSSR count). The fourth-order valence-electron chi connectivity index (χ4n) is 3.45. The number of benzene rings is 2. The van der Waals surface area contributed by atoms with Crippen LogP contribution in [0.4, 0.5) is 0 Å². The zero-order valence-corrected chi connectivity index (χ0v) is 14.5. The number of rotatable bonds is 3. The van der Waals surface area contributed by atoms with Crippen LogP contribution in [0.5, 0.6) is 5.75 Å². The minimum atomic E-state index is -0.489. The minimum Gasteiger partial charge on any atom is -0.508 e. The number of fused-ring (bicyclic) bond motifs is 2. The lowest BCUT2D eigenvalue weighted by atomic mass is 10.0. The molecule has 0 saturated carbocycles. The first-order valence-electron chi connectivity index (χ1n) is 8.63. The Bertz CT molecular complexity index is 1110. The van der Waals surface area contributed by atoms with Crippen molar-refractivity contribution in [3.8, 4) is 11.8 Å². The topological polar surface area (TPSA) is 83.2 Å². The largest absolute Gasteiger partial charge is 0.508 e. The number of para-hydroxylation sites is 1. The Morgan fingerprint density at radius 1 is 1.19 bits per heavy atom. The maximum atomic E-state index is 12.6. The van der Waals surface area contributed by atoms with Gasteiger partial charge < -0.3 is 9.84 Å². The van der Waals surface area contributed by atoms with Gasteiger partial charge in [0.05, 0.1) is 16.8 Å². The van der Waals surface area contributed by atoms with Crippen LogP contribution in [0.2, 0.25) is 0 Å². The Morgan fingerprint density at radius 3 is 2.74 bits per heavy atom. The van der Waals surface area contributed by atoms with Crippen LogP contribution in [0, 0.1) is 11.3 Å². The number of esters is 1. The second-order valence-electron chi connectivity index (χ2n) is 6.33. The van der Waals surface area contributed by atoms with Crippen LogP contribution in [0.3, 0.4) is 0 Å². The highest BCUT2D eigenvalue weighted by Crippen LogP contribution is 2.37. The first kappa shape index (κ1) is 16.8. The van der Waals surface area contributed by atoms with Crippen LogP contribution >= 0.6 is 0 Å². The van der Waals surface area contributed by atoms with E-state index >= 15 is 0 Å². The maximum Gasteiger partial charge on any atom is 0.340 e. The predicted octanol–water partition coefficient (Wildman–Crippen LogP) is 4.11. The SMILES string of the molecule is N#CCOC(=O)c1c2c(nc3ccccc13)C(=Cc1ccc(O)cc1)CC2. The van der Waals surface area contributed by atoms with E-state index in [-0.39, 0.29) is 12.4 Å². The molecule has 1 aromatic heterocycles. The van der Waals surface area contributed by atoms with Crippen molar-refractivity contribution in [1.82, 2.24) is 4.98 Å². The van der Waals surface area contributed by atoms with Crippen LogP contribution < -0.4 is 0 Å². The number of aromatic nitrogens is 1. The van der Waals surface area contributed by atoms with E-state index in [1.807, 2.05) is 48.5 Å². The summed E-state index contributed by atoms with van der Waals surface area (Å²) in [5, 5.41) is 18.9. The molecule has 132 valence electrons. The van der Waals surface area contributed by atoms with Crippen molar-refractivity contribution in [2.75, 3.05) is 6.61 Å². The lowest BCUT2D eigenvalue weighted by Gasteiger charge is -2.11. The molecule has 5 heteroatoms. The van der Waals surface area contributed by atoms with E-state index in [2.05, 4.69) is 0 Å². The molecule has 1 aliphatic rings. The standard InChI is InChI=1S/C22H16N2O3/c23-11-12-27-22(26)20-17-3-1-2-4-19(17)24-21-15(7-10-18(20)21)13-14-5-8-16(25)9-6-14/h1-6,8-9,13,25H,7,10,12H2. The zero-order chi connectivity index (χ0) is 18.8. The monoisotopic (exact) mass is 356 g/mol. The molecule has 0 saturated heterocycles. The third kappa shape index (κ3) is 3.13. The van der Waals surface area contributed by atoms with Gasteiger partial charge in [0, 0.05) is 5.39 Å². The van der Waals surface area contributed by atoms with Crippen LogP contribution in [0.25, 0.3) is 22.6 Å². The number of carbonyl (C=O) groups is 1. The molecular formula is C22H16N2O3. The van der Waals surface area contributed by atoms with Crippen LogP contribution in [0.1, 0.15) is 33.6 Å². The highest BCUT2D eigenvalue weighted by molar-refractivity contribution is 6.07. The fraction of sp³-hybridized carbons (Fsp3) is 0.136. The van der Waals surface area contributed by atoms with E-state index in [0.717, 1.165) is 39.7 Å². The third-order valence-corrected chi connectivity index (χ3v) is 4.65. The van der Waals surface area contributed by atoms with E-state index in [4.69, 9.17) is 15.0 Å². The highest BCUT2D eigenvalue weighted by Gasteiger charge is 2.27. The summed E-state index contributed by atoms with van der Waals surface area (Å²) in [5.74, 6) is -0.270. The molecule has 27 heavy (non-hydrogen) atoms. The summed E-state index contributed by atoms with van der Waals surface area (Å²) in [6.45, 7) is -0.277. The second kappa shape index (κ2) is 6.93. The average Bonchev–Trinajstić information content (AvgIpc) is 3.08. The van der Waals surface area contributed by atoms with Gasteiger partial charge in [-0.05, 0) is 53.8 Å². The van der Waals surface area contributed by atoms with Gasteiger partial charge in [-0.2, -0.15) is 5.26 Å². The van der Waals surface area contributed by atoms with Gasteiger partial charge in [-0.25, -0.2) is 9.78 Å². The zero-order valence-electron chi connectivity index (χ0n) is 14.5. The summed E-state index contributed by atoms with van der Waals surface area (Å²) in [6, 6.07) is 16.3. The Hall–Kier alpha value is -3.65. The number of pyridine rings is 1. The molecule has 0 radical (unpaired) electrons. The van der Waals surface area contributed by atoms with Gasteiger partial charge in [0.1, 0.15) is 11.8 Å². The highest BCUT2D eigenvalue weighted by atomic mass is 16.5. The summed E-state index contributed by atoms with van der Waals surface area (Å²) in [7, 11) is 0. The molecule has 0 unspecified atom stereocenters. The lowest BCUT2D eigenvalue weighted by molar-refractivity contribution is 0.0556. The number of aromatic hydroxyl groups is 1. The maximum absolute atomic E-state index is 12.6. The average molecular weight is 356 g/mol. The molecule has 0 spiro atoms. The van der Waals surface area contributed by atoms with Gasteiger partial charge in [-0.15, -0.1) is 0 Å². The number of hydrogen-bond donors (Lipinski definition) is 1. The first-order chi connectivity index (χ1) is 13.2. The lowest BCUT2D eigenvalue weighted by Crippen LogP contribution is -2.10. The number of ether oxygens (including phenoxy) is 1. The molecule has 2 aromatic carbocycles. The van der Waals surface area contributed by atoms with Crippen molar-refractivity contribution >= 4 is 28.5 Å². The molecule has 0 fully saturated rings. The summed E-state index contributed by atoms with van der Waals surface area (Å²) in [4.78, 5) is 17.4. The van der Waals surface area contributed by atoms with Gasteiger partial charge in [0.25, 0.3) is 0 Å². The predicted molar refractivity (Wildman–Crippen MR) is 102 cm³/mol. The van der Waals surface area contributed by atoms with Gasteiger partial charge >= 0.3 is 5.97 Å². The summed E-state index contributed by atoms with van der Waals surface area (Å²) < 4.78 is 5.10. The smallest absolute Gasteiger partial charge is 0.340 e. The van der Waals surface area contributed by atoms with Crippen molar-refractivity contribution in [1.29, 1.82) is 5.26 Å². The minimum absolute atomic E-state index is 0.218. The van der Waals surface area contributed by atoms with Gasteiger partial charge in [0.2, 0.25) is 0 Å². The molecule has 3 aromatic rings. The van der Waals surface area contributed by atoms with Crippen molar-refractivity contribution < 1.29 is 14.6 Å². The number of nitriles is 1. The fourth-order valence-corrected chi connectivity index (χ4v) is 3.45. The van der Waals surface area contributed by atoms with Crippen LogP contribution in [-0.4, -0.2) is 22.7 Å². The Morgan fingerprint density at radius 2 is 1.96 bits per heavy atom. The normalized spacial score (nSPS) is 14.1. The molecule has 1 N–H and O–H groups in total.